The van der Waals surface area contributed by atoms with Crippen LogP contribution in [0.15, 0.2) is 157 Å². The summed E-state index contributed by atoms with van der Waals surface area (Å²) in [6.45, 7) is 26.3. The van der Waals surface area contributed by atoms with E-state index < -0.39 is 0 Å². The van der Waals surface area contributed by atoms with E-state index in [-0.39, 0.29) is 12.0 Å². The molecule has 0 amide bonds. The van der Waals surface area contributed by atoms with Crippen LogP contribution in [0.1, 0.15) is 225 Å². The van der Waals surface area contributed by atoms with E-state index in [0.717, 1.165) is 82.1 Å². The lowest BCUT2D eigenvalue weighted by molar-refractivity contribution is -0.471. The van der Waals surface area contributed by atoms with Gasteiger partial charge in [-0.3, -0.25) is 57.7 Å². The molecule has 0 heterocycles. The second-order valence-corrected chi connectivity index (χ2v) is 37.5. The number of aliphatic imine (C=N–C) groups is 6. The maximum atomic E-state index is 5.31. The Kier molecular flexibility index (Phi) is 51.8. The smallest absolute Gasteiger partial charge is 0.356 e. The highest BCUT2D eigenvalue weighted by atomic mass is 15.4. The molecular formula is C100H178N30+6. The fourth-order valence-electron chi connectivity index (χ4n) is 14.7. The number of nitrogens with two attached hydrogens (primary N) is 3. The molecule has 722 valence electrons. The van der Waals surface area contributed by atoms with Gasteiger partial charge in [0.1, 0.15) is 0 Å². The van der Waals surface area contributed by atoms with Gasteiger partial charge in [0.25, 0.3) is 35.8 Å². The molecule has 0 aromatic heterocycles. The topological polar surface area (TPSA) is 307 Å². The Morgan fingerprint density at radius 2 is 0.623 bits per heavy atom. The van der Waals surface area contributed by atoms with Crippen molar-refractivity contribution in [2.45, 2.75) is 233 Å². The minimum absolute atomic E-state index is 0.0267. The number of hydrogen-bond acceptors (Lipinski definition) is 3. The fraction of sp³-hybridized carbons (Fsp3) is 0.580. The van der Waals surface area contributed by atoms with Crippen molar-refractivity contribution >= 4 is 100.0 Å². The predicted molar refractivity (Wildman–Crippen MR) is 562 cm³/mol. The number of benzene rings is 5. The van der Waals surface area contributed by atoms with Crippen molar-refractivity contribution in [2.75, 3.05) is 182 Å². The number of anilines is 5. The molecule has 0 saturated heterocycles. The number of guanidine groups is 12. The first-order valence-electron chi connectivity index (χ1n) is 46.8. The van der Waals surface area contributed by atoms with Gasteiger partial charge < -0.3 is 48.7 Å². The van der Waals surface area contributed by atoms with E-state index in [4.69, 9.17) is 37.2 Å². The van der Waals surface area contributed by atoms with Gasteiger partial charge in [0.15, 0.2) is 0 Å². The molecule has 3 aliphatic carbocycles. The molecule has 8 rings (SSSR count). The second kappa shape index (κ2) is 59.7. The van der Waals surface area contributed by atoms with Crippen LogP contribution in [0.2, 0.25) is 0 Å². The Labute approximate surface area is 786 Å². The molecule has 0 spiro atoms. The molecule has 0 atom stereocenters. The maximum absolute atomic E-state index is 5.31. The first-order chi connectivity index (χ1) is 61.3. The van der Waals surface area contributed by atoms with E-state index in [1.807, 2.05) is 220 Å². The molecule has 30 heteroatoms. The van der Waals surface area contributed by atoms with Gasteiger partial charge in [0, 0.05) is 46.6 Å². The van der Waals surface area contributed by atoms with Gasteiger partial charge in [-0.1, -0.05) is 204 Å². The van der Waals surface area contributed by atoms with Crippen molar-refractivity contribution in [1.29, 1.82) is 0 Å². The minimum atomic E-state index is -0.0267. The van der Waals surface area contributed by atoms with Crippen molar-refractivity contribution in [3.8, 4) is 0 Å². The van der Waals surface area contributed by atoms with Gasteiger partial charge in [-0.25, -0.2) is 30.9 Å². The molecule has 3 aliphatic rings. The van der Waals surface area contributed by atoms with Crippen LogP contribution in [0.4, 0.5) is 28.4 Å². The third-order valence-electron chi connectivity index (χ3n) is 20.8. The van der Waals surface area contributed by atoms with Gasteiger partial charge in [-0.15, -0.1) is 0 Å². The number of nitrogens with one attached hydrogen (secondary N) is 10. The van der Waals surface area contributed by atoms with Crippen LogP contribution in [0.5, 0.6) is 0 Å². The first kappa shape index (κ1) is 113. The summed E-state index contributed by atoms with van der Waals surface area (Å²) in [5, 5.41) is 35.0. The van der Waals surface area contributed by atoms with Crippen molar-refractivity contribution in [2.24, 2.45) is 47.2 Å². The van der Waals surface area contributed by atoms with Crippen molar-refractivity contribution in [3.05, 3.63) is 150 Å². The third kappa shape index (κ3) is 43.8. The molecule has 0 unspecified atom stereocenters. The van der Waals surface area contributed by atoms with Crippen LogP contribution in [0, 0.1) is 0 Å². The average Bonchev–Trinajstić information content (AvgIpc) is 0.797. The largest absolute Gasteiger partial charge is 0.392 e. The molecule has 5 aromatic rings. The minimum Gasteiger partial charge on any atom is -0.356 e. The summed E-state index contributed by atoms with van der Waals surface area (Å²) in [6, 6.07) is 45.5. The molecule has 5 aromatic carbocycles. The van der Waals surface area contributed by atoms with E-state index in [9.17, 15) is 0 Å². The van der Waals surface area contributed by atoms with Crippen LogP contribution in [-0.4, -0.2) is 309 Å². The summed E-state index contributed by atoms with van der Waals surface area (Å²) in [6.07, 6.45) is 19.4. The molecule has 130 heavy (non-hydrogen) atoms. The summed E-state index contributed by atoms with van der Waals surface area (Å²) in [4.78, 5) is 38.2. The lowest BCUT2D eigenvalue weighted by atomic mass is 9.92. The first-order valence-corrected chi connectivity index (χ1v) is 46.8. The Hall–Kier alpha value is -11.5. The Balaban J connectivity index is 0.000000416. The lowest BCUT2D eigenvalue weighted by Gasteiger charge is -2.26. The number of nitrogens with zero attached hydrogens (tertiary/aromatic N) is 17. The predicted octanol–water partition coefficient (Wildman–Crippen LogP) is 13.3. The van der Waals surface area contributed by atoms with Crippen LogP contribution >= 0.6 is 0 Å². The lowest BCUT2D eigenvalue weighted by Crippen LogP contribution is -2.52. The SMILES string of the molecule is CC(C)N=C(NC(N(C)C)=[N+](C)C)NC(C)C.CC(C)c1cccc(C(C)C)c1NC(=NC(N(C)C)=[N+](C)C)Nc1c(C(C)C)cccc1C(C)C.CN(C)C(N=C(Nc1ccccc1)Nc1ccccc1)=[N+](C)C.CN(C)C(NC(=NC1CCCCC1)NC1CCCCC1)=[N+](C)C.CN(C)C(NC(=NC1CCCCC1)Nc1ccccc1)=[N+](C)C.C[N+](C)=C(N)N=C(N)N. The normalized spacial score (nSPS) is 13.4. The van der Waals surface area contributed by atoms with Crippen LogP contribution in [0.25, 0.3) is 0 Å². The molecule has 0 bridgehead atoms. The van der Waals surface area contributed by atoms with Gasteiger partial charge >= 0.3 is 35.8 Å². The molecule has 3 saturated carbocycles. The Morgan fingerprint density at radius 1 is 0.323 bits per heavy atom. The van der Waals surface area contributed by atoms with Crippen LogP contribution in [0.3, 0.4) is 0 Å². The number of rotatable bonds is 14. The number of hydrogen-bond donors (Lipinski definition) is 13. The van der Waals surface area contributed by atoms with Crippen molar-refractivity contribution in [1.82, 2.24) is 51.1 Å². The Morgan fingerprint density at radius 3 is 0.892 bits per heavy atom. The van der Waals surface area contributed by atoms with E-state index in [1.165, 1.54) is 119 Å². The fourth-order valence-corrected chi connectivity index (χ4v) is 14.7. The van der Waals surface area contributed by atoms with Crippen molar-refractivity contribution < 1.29 is 27.5 Å². The molecule has 30 nitrogen and oxygen atoms in total. The zero-order valence-corrected chi connectivity index (χ0v) is 86.8. The highest BCUT2D eigenvalue weighted by Crippen LogP contribution is 2.36. The summed E-state index contributed by atoms with van der Waals surface area (Å²) >= 11 is 0. The van der Waals surface area contributed by atoms with E-state index in [2.05, 4.69) is 242 Å². The highest BCUT2D eigenvalue weighted by molar-refractivity contribution is 6.11. The summed E-state index contributed by atoms with van der Waals surface area (Å²) in [5.74, 6) is 10.6. The quantitative estimate of drug-likeness (QED) is 0.0279. The second-order valence-electron chi connectivity index (χ2n) is 37.5. The molecule has 0 radical (unpaired) electrons. The summed E-state index contributed by atoms with van der Waals surface area (Å²) < 4.78 is 11.8. The van der Waals surface area contributed by atoms with Crippen LogP contribution < -0.4 is 70.4 Å². The third-order valence-corrected chi connectivity index (χ3v) is 20.8. The van der Waals surface area contributed by atoms with Gasteiger partial charge in [-0.2, -0.15) is 0 Å². The Bertz CT molecular complexity index is 4350. The summed E-state index contributed by atoms with van der Waals surface area (Å²) in [7, 11) is 43.9. The standard InChI is InChI=1S/C30H47N5.C18H35N5.C18H29N5.C18H23N5.C12H27N5.C4H11N5/c1-19(2)23-15-13-16-24(20(3)4)27(23)31-29(33-30(34(9)10)35(11)12)32-28-25(21(5)6)17-14-18-26(28)22(7)8;3*1-22(2)18(23(3)4)21-17(19-15-11-7-5-8-12-15)20-16-13-9-6-10-14-16;1-9(2)13-11(14-10(3)4)15-12(16(5)6)17(7)8;1-9(2)4(7)8-3(5)6/h13-22H,1-12H3,(H,31,32);15-16H,5-14H2,1-4H3,(H,19,20);5,7-8,11-12,16H,6,9-10,13-14H2,1-4H3,(H,19,20);5-14H,1-4H3,(H,19,20);9-10H,1-8H3,(H,13,14);1-2H3,(H5,5,6,7,8)/p+6. The zero-order valence-electron chi connectivity index (χ0n) is 86.8. The maximum Gasteiger partial charge on any atom is 0.392 e. The molecule has 0 aliphatic heterocycles. The monoisotopic (exact) mass is 1800 g/mol. The molecular weight excluding hydrogens is 1620 g/mol. The molecule has 16 N–H and O–H groups in total. The van der Waals surface area contributed by atoms with Gasteiger partial charge in [0.2, 0.25) is 0 Å². The number of para-hydroxylation sites is 5. The van der Waals surface area contributed by atoms with Crippen LogP contribution in [-0.2, 0) is 0 Å². The highest BCUT2D eigenvalue weighted by Gasteiger charge is 2.28. The van der Waals surface area contributed by atoms with E-state index in [0.29, 0.717) is 59.8 Å². The molecule has 3 fully saturated rings. The zero-order chi connectivity index (χ0) is 97.4. The average molecular weight is 1800 g/mol. The summed E-state index contributed by atoms with van der Waals surface area (Å²) in [5.41, 5.74) is 25.9. The van der Waals surface area contributed by atoms with Gasteiger partial charge in [-0.05, 0) is 164 Å². The van der Waals surface area contributed by atoms with E-state index >= 15 is 0 Å². The van der Waals surface area contributed by atoms with E-state index in [1.54, 1.807) is 18.7 Å². The van der Waals surface area contributed by atoms with Gasteiger partial charge in [0.05, 0.1) is 167 Å². The van der Waals surface area contributed by atoms with Crippen molar-refractivity contribution in [3.63, 3.8) is 0 Å².